The van der Waals surface area contributed by atoms with Crippen LogP contribution in [0.4, 0.5) is 0 Å². The van der Waals surface area contributed by atoms with Crippen molar-refractivity contribution in [3.05, 3.63) is 134 Å². The van der Waals surface area contributed by atoms with Gasteiger partial charge in [0.15, 0.2) is 6.10 Å². The van der Waals surface area contributed by atoms with Gasteiger partial charge < -0.3 is 14.2 Å². The van der Waals surface area contributed by atoms with E-state index in [2.05, 4.69) is 81.5 Å². The van der Waals surface area contributed by atoms with Crippen LogP contribution in [0.1, 0.15) is 201 Å². The highest BCUT2D eigenvalue weighted by atomic mass is 16.6. The van der Waals surface area contributed by atoms with E-state index in [1.165, 1.54) is 51.4 Å². The molecule has 0 radical (unpaired) electrons. The van der Waals surface area contributed by atoms with Crippen LogP contribution in [-0.4, -0.2) is 37.2 Å². The van der Waals surface area contributed by atoms with E-state index < -0.39 is 6.10 Å². The number of allylic oxidation sites excluding steroid dienone is 22. The molecule has 65 heavy (non-hydrogen) atoms. The van der Waals surface area contributed by atoms with Crippen molar-refractivity contribution in [2.45, 2.75) is 207 Å². The Balaban J connectivity index is 4.49. The summed E-state index contributed by atoms with van der Waals surface area (Å²) in [7, 11) is 0. The topological polar surface area (TPSA) is 78.9 Å². The number of esters is 3. The smallest absolute Gasteiger partial charge is 0.306 e. The van der Waals surface area contributed by atoms with E-state index in [0.29, 0.717) is 19.3 Å². The second kappa shape index (κ2) is 52.2. The Morgan fingerprint density at radius 1 is 0.338 bits per heavy atom. The molecule has 0 rings (SSSR count). The average molecular weight is 897 g/mol. The molecular weight excluding hydrogens is 805 g/mol. The Bertz CT molecular complexity index is 1450. The summed E-state index contributed by atoms with van der Waals surface area (Å²) < 4.78 is 16.7. The molecule has 1 unspecified atom stereocenters. The van der Waals surface area contributed by atoms with Crippen LogP contribution in [0.5, 0.6) is 0 Å². The fraction of sp³-hybridized carbons (Fsp3) is 0.576. The molecule has 0 aliphatic heterocycles. The molecule has 0 fully saturated rings. The van der Waals surface area contributed by atoms with Crippen LogP contribution in [0.15, 0.2) is 134 Å². The highest BCUT2D eigenvalue weighted by Crippen LogP contribution is 2.13. The van der Waals surface area contributed by atoms with Gasteiger partial charge in [-0.1, -0.05) is 238 Å². The fourth-order valence-corrected chi connectivity index (χ4v) is 6.53. The third-order valence-corrected chi connectivity index (χ3v) is 10.3. The molecule has 0 aromatic heterocycles. The Kier molecular flexibility index (Phi) is 48.6. The molecule has 0 aliphatic carbocycles. The van der Waals surface area contributed by atoms with Gasteiger partial charge in [-0.2, -0.15) is 0 Å². The fourth-order valence-electron chi connectivity index (χ4n) is 6.53. The van der Waals surface area contributed by atoms with Crippen molar-refractivity contribution in [2.75, 3.05) is 13.2 Å². The van der Waals surface area contributed by atoms with Crippen molar-refractivity contribution in [1.82, 2.24) is 0 Å². The van der Waals surface area contributed by atoms with Gasteiger partial charge in [0, 0.05) is 19.3 Å². The number of hydrogen-bond donors (Lipinski definition) is 0. The lowest BCUT2D eigenvalue weighted by atomic mass is 10.1. The van der Waals surface area contributed by atoms with Gasteiger partial charge in [0.2, 0.25) is 0 Å². The van der Waals surface area contributed by atoms with Crippen LogP contribution >= 0.6 is 0 Å². The first-order chi connectivity index (χ1) is 32.0. The molecule has 0 spiro atoms. The molecular formula is C59H92O6. The van der Waals surface area contributed by atoms with Crippen LogP contribution in [-0.2, 0) is 28.6 Å². The van der Waals surface area contributed by atoms with Gasteiger partial charge in [-0.15, -0.1) is 0 Å². The molecule has 6 heteroatoms. The van der Waals surface area contributed by atoms with E-state index in [9.17, 15) is 14.4 Å². The van der Waals surface area contributed by atoms with Crippen molar-refractivity contribution in [3.8, 4) is 0 Å². The maximum Gasteiger partial charge on any atom is 0.306 e. The van der Waals surface area contributed by atoms with E-state index in [1.54, 1.807) is 0 Å². The minimum Gasteiger partial charge on any atom is -0.462 e. The van der Waals surface area contributed by atoms with E-state index in [4.69, 9.17) is 14.2 Å². The molecule has 0 bridgehead atoms. The Morgan fingerprint density at radius 3 is 1.14 bits per heavy atom. The quantitative estimate of drug-likeness (QED) is 0.0199. The second-order valence-corrected chi connectivity index (χ2v) is 16.5. The van der Waals surface area contributed by atoms with Gasteiger partial charge in [0.05, 0.1) is 0 Å². The highest BCUT2D eigenvalue weighted by molar-refractivity contribution is 5.71. The summed E-state index contributed by atoms with van der Waals surface area (Å²) in [5.74, 6) is -0.975. The Morgan fingerprint density at radius 2 is 0.677 bits per heavy atom. The summed E-state index contributed by atoms with van der Waals surface area (Å²) in [5, 5.41) is 0. The number of ether oxygens (including phenoxy) is 3. The average Bonchev–Trinajstić information content (AvgIpc) is 3.30. The number of rotatable bonds is 44. The molecule has 0 heterocycles. The zero-order valence-corrected chi connectivity index (χ0v) is 41.4. The minimum atomic E-state index is -0.807. The molecule has 0 N–H and O–H groups in total. The van der Waals surface area contributed by atoms with E-state index >= 15 is 0 Å². The summed E-state index contributed by atoms with van der Waals surface area (Å²) >= 11 is 0. The van der Waals surface area contributed by atoms with Gasteiger partial charge >= 0.3 is 17.9 Å². The van der Waals surface area contributed by atoms with Crippen molar-refractivity contribution >= 4 is 17.9 Å². The number of unbranched alkanes of at least 4 members (excludes halogenated alkanes) is 17. The van der Waals surface area contributed by atoms with Crippen LogP contribution in [0.2, 0.25) is 0 Å². The first kappa shape index (κ1) is 60.5. The van der Waals surface area contributed by atoms with Gasteiger partial charge in [-0.05, 0) is 77.0 Å². The van der Waals surface area contributed by atoms with Crippen LogP contribution < -0.4 is 0 Å². The van der Waals surface area contributed by atoms with Crippen LogP contribution in [0.25, 0.3) is 0 Å². The Labute approximate surface area is 398 Å². The predicted molar refractivity (Wildman–Crippen MR) is 279 cm³/mol. The van der Waals surface area contributed by atoms with E-state index in [1.807, 2.05) is 72.9 Å². The van der Waals surface area contributed by atoms with Gasteiger partial charge in [-0.3, -0.25) is 14.4 Å². The van der Waals surface area contributed by atoms with Crippen molar-refractivity contribution in [3.63, 3.8) is 0 Å². The van der Waals surface area contributed by atoms with Crippen LogP contribution in [0, 0.1) is 0 Å². The molecule has 0 saturated carbocycles. The molecule has 0 aliphatic rings. The molecule has 1 atom stereocenters. The van der Waals surface area contributed by atoms with Crippen LogP contribution in [0.3, 0.4) is 0 Å². The maximum absolute atomic E-state index is 12.8. The molecule has 0 saturated heterocycles. The zero-order chi connectivity index (χ0) is 47.2. The predicted octanol–water partition coefficient (Wildman–Crippen LogP) is 17.1. The molecule has 0 aromatic carbocycles. The van der Waals surface area contributed by atoms with E-state index in [-0.39, 0.29) is 31.1 Å². The first-order valence-electron chi connectivity index (χ1n) is 25.8. The van der Waals surface area contributed by atoms with Gasteiger partial charge in [0.25, 0.3) is 0 Å². The molecule has 0 amide bonds. The monoisotopic (exact) mass is 897 g/mol. The summed E-state index contributed by atoms with van der Waals surface area (Å²) in [4.78, 5) is 37.9. The maximum atomic E-state index is 12.8. The van der Waals surface area contributed by atoms with Gasteiger partial charge in [-0.25, -0.2) is 0 Å². The lowest BCUT2D eigenvalue weighted by Crippen LogP contribution is -2.30. The highest BCUT2D eigenvalue weighted by Gasteiger charge is 2.19. The molecule has 6 nitrogen and oxygen atoms in total. The second-order valence-electron chi connectivity index (χ2n) is 16.5. The lowest BCUT2D eigenvalue weighted by molar-refractivity contribution is -0.167. The summed E-state index contributed by atoms with van der Waals surface area (Å²) in [5.41, 5.74) is 0. The number of carbonyl (C=O) groups excluding carboxylic acids is 3. The molecule has 0 aromatic rings. The number of hydrogen-bond acceptors (Lipinski definition) is 6. The summed E-state index contributed by atoms with van der Waals surface area (Å²) in [6, 6.07) is 0. The summed E-state index contributed by atoms with van der Waals surface area (Å²) in [6.45, 7) is 6.29. The third-order valence-electron chi connectivity index (χ3n) is 10.3. The largest absolute Gasteiger partial charge is 0.462 e. The normalized spacial score (nSPS) is 13.2. The van der Waals surface area contributed by atoms with Crippen molar-refractivity contribution in [1.29, 1.82) is 0 Å². The van der Waals surface area contributed by atoms with E-state index in [0.717, 1.165) is 109 Å². The third kappa shape index (κ3) is 50.4. The van der Waals surface area contributed by atoms with Crippen molar-refractivity contribution < 1.29 is 28.6 Å². The summed E-state index contributed by atoms with van der Waals surface area (Å²) in [6.07, 6.45) is 72.9. The SMILES string of the molecule is CC\C=C/C=C\C=C/C=C\C=C\C=C/C=C\CCCCCC(=O)OCC(COC(=O)CCCCCCCCCCC)OC(=O)CCCCCCCC/C=C\C/C=C\C/C=C\C/C=C\CC. The Hall–Kier alpha value is -4.45. The number of carbonyl (C=O) groups is 3. The zero-order valence-electron chi connectivity index (χ0n) is 41.4. The van der Waals surface area contributed by atoms with Crippen molar-refractivity contribution in [2.24, 2.45) is 0 Å². The molecule has 364 valence electrons. The standard InChI is InChI=1S/C59H92O6/c1-4-7-10-13-16-19-21-23-25-27-29-31-33-35-37-40-43-46-49-52-58(61)64-55-56(54-63-57(60)51-48-45-42-39-18-15-12-9-6-3)65-59(62)53-50-47-44-41-38-36-34-32-30-28-26-24-22-20-17-14-11-8-5-2/h7-8,10-11,13,16-17,19-21,23-27,29-33,35,37,56H,4-6,9,12,14-15,18,22,28,34,36,38-55H2,1-3H3/b10-7-,11-8-,16-13-,20-17-,21-19-,25-23-,26-24-,29-27+,32-30-,33-31-,37-35-. The minimum absolute atomic E-state index is 0.103. The lowest BCUT2D eigenvalue weighted by Gasteiger charge is -2.18. The first-order valence-corrected chi connectivity index (χ1v) is 25.8. The van der Waals surface area contributed by atoms with Gasteiger partial charge in [0.1, 0.15) is 13.2 Å².